The molecule has 0 aromatic heterocycles. The molecule has 0 aliphatic carbocycles. The molecule has 0 aliphatic rings. The van der Waals surface area contributed by atoms with Crippen LogP contribution in [-0.2, 0) is 4.79 Å². The van der Waals surface area contributed by atoms with Gasteiger partial charge < -0.3 is 16.8 Å². The second kappa shape index (κ2) is 5.67. The maximum atomic E-state index is 11.8. The van der Waals surface area contributed by atoms with E-state index in [-0.39, 0.29) is 18.4 Å². The first-order valence-corrected chi connectivity index (χ1v) is 5.83. The van der Waals surface area contributed by atoms with E-state index in [9.17, 15) is 9.59 Å². The summed E-state index contributed by atoms with van der Waals surface area (Å²) in [5, 5.41) is 2.67. The first-order valence-electron chi connectivity index (χ1n) is 5.03. The molecule has 0 spiro atoms. The number of nitrogen functional groups attached to an aromatic ring is 1. The number of primary amides is 1. The quantitative estimate of drug-likeness (QED) is 0.724. The number of nitrogens with one attached hydrogen (secondary N) is 1. The molecular formula is C11H14BrN3O2. The number of amides is 2. The van der Waals surface area contributed by atoms with Crippen LogP contribution in [0.2, 0.25) is 0 Å². The Morgan fingerprint density at radius 2 is 2.06 bits per heavy atom. The largest absolute Gasteiger partial charge is 0.399 e. The number of carbonyl (C=O) groups is 2. The number of hydrogen-bond donors (Lipinski definition) is 3. The van der Waals surface area contributed by atoms with Gasteiger partial charge in [-0.1, -0.05) is 15.9 Å². The maximum Gasteiger partial charge on any atom is 0.251 e. The normalized spacial score (nSPS) is 11.9. The number of nitrogens with two attached hydrogens (primary N) is 2. The van der Waals surface area contributed by atoms with Gasteiger partial charge in [0.2, 0.25) is 5.91 Å². The van der Waals surface area contributed by atoms with Gasteiger partial charge in [0.05, 0.1) is 0 Å². The monoisotopic (exact) mass is 299 g/mol. The van der Waals surface area contributed by atoms with Crippen LogP contribution in [0.5, 0.6) is 0 Å². The van der Waals surface area contributed by atoms with Crippen LogP contribution in [0, 0.1) is 0 Å². The van der Waals surface area contributed by atoms with Crippen molar-refractivity contribution in [3.05, 3.63) is 28.2 Å². The van der Waals surface area contributed by atoms with Gasteiger partial charge in [-0.2, -0.15) is 0 Å². The summed E-state index contributed by atoms with van der Waals surface area (Å²) in [6.45, 7) is 1.71. The Hall–Kier alpha value is -1.56. The molecule has 6 heteroatoms. The van der Waals surface area contributed by atoms with E-state index in [0.717, 1.165) is 4.47 Å². The predicted octanol–water partition coefficient (Wildman–Crippen LogP) is 1.02. The van der Waals surface area contributed by atoms with Crippen LogP contribution >= 0.6 is 15.9 Å². The fourth-order valence-electron chi connectivity index (χ4n) is 1.40. The molecule has 0 radical (unpaired) electrons. The molecule has 0 saturated carbocycles. The van der Waals surface area contributed by atoms with Crippen LogP contribution in [0.1, 0.15) is 23.7 Å². The van der Waals surface area contributed by atoms with Crippen molar-refractivity contribution in [1.82, 2.24) is 5.32 Å². The highest BCUT2D eigenvalue weighted by molar-refractivity contribution is 9.10. The predicted molar refractivity (Wildman–Crippen MR) is 69.3 cm³/mol. The zero-order valence-electron chi connectivity index (χ0n) is 9.37. The average molecular weight is 300 g/mol. The number of hydrogen-bond acceptors (Lipinski definition) is 3. The third kappa shape index (κ3) is 4.44. The molecule has 0 saturated heterocycles. The molecule has 17 heavy (non-hydrogen) atoms. The zero-order chi connectivity index (χ0) is 13.0. The van der Waals surface area contributed by atoms with Crippen LogP contribution < -0.4 is 16.8 Å². The molecule has 1 unspecified atom stereocenters. The summed E-state index contributed by atoms with van der Waals surface area (Å²) in [6, 6.07) is 4.61. The number of anilines is 1. The fourth-order valence-corrected chi connectivity index (χ4v) is 1.91. The lowest BCUT2D eigenvalue weighted by molar-refractivity contribution is -0.118. The lowest BCUT2D eigenvalue weighted by Crippen LogP contribution is -2.35. The first-order chi connectivity index (χ1) is 7.88. The van der Waals surface area contributed by atoms with Crippen molar-refractivity contribution in [2.45, 2.75) is 19.4 Å². The Bertz CT molecular complexity index is 428. The summed E-state index contributed by atoms with van der Waals surface area (Å²) in [4.78, 5) is 22.5. The number of carbonyl (C=O) groups excluding carboxylic acids is 2. The average Bonchev–Trinajstić information content (AvgIpc) is 2.14. The van der Waals surface area contributed by atoms with Crippen LogP contribution in [0.3, 0.4) is 0 Å². The highest BCUT2D eigenvalue weighted by atomic mass is 79.9. The summed E-state index contributed by atoms with van der Waals surface area (Å²) < 4.78 is 0.727. The minimum Gasteiger partial charge on any atom is -0.399 e. The van der Waals surface area contributed by atoms with Crippen LogP contribution in [-0.4, -0.2) is 17.9 Å². The molecule has 2 amide bonds. The Morgan fingerprint density at radius 1 is 1.41 bits per heavy atom. The number of benzene rings is 1. The van der Waals surface area contributed by atoms with Crippen molar-refractivity contribution in [3.8, 4) is 0 Å². The topological polar surface area (TPSA) is 98.2 Å². The number of halogens is 1. The Morgan fingerprint density at radius 3 is 2.59 bits per heavy atom. The van der Waals surface area contributed by atoms with Gasteiger partial charge in [0, 0.05) is 28.2 Å². The first kappa shape index (κ1) is 13.5. The van der Waals surface area contributed by atoms with Gasteiger partial charge in [0.1, 0.15) is 0 Å². The van der Waals surface area contributed by atoms with E-state index in [2.05, 4.69) is 21.2 Å². The minimum absolute atomic E-state index is 0.106. The molecule has 1 aromatic rings. The van der Waals surface area contributed by atoms with Gasteiger partial charge >= 0.3 is 0 Å². The van der Waals surface area contributed by atoms with Gasteiger partial charge in [0.15, 0.2) is 0 Å². The van der Waals surface area contributed by atoms with Crippen molar-refractivity contribution in [1.29, 1.82) is 0 Å². The molecule has 1 rings (SSSR count). The van der Waals surface area contributed by atoms with Crippen molar-refractivity contribution < 1.29 is 9.59 Å². The van der Waals surface area contributed by atoms with Crippen molar-refractivity contribution in [2.75, 3.05) is 5.73 Å². The van der Waals surface area contributed by atoms with E-state index < -0.39 is 5.91 Å². The maximum absolute atomic E-state index is 11.8. The van der Waals surface area contributed by atoms with Crippen molar-refractivity contribution >= 4 is 33.4 Å². The second-order valence-corrected chi connectivity index (χ2v) is 4.73. The molecule has 92 valence electrons. The highest BCUT2D eigenvalue weighted by Crippen LogP contribution is 2.17. The summed E-state index contributed by atoms with van der Waals surface area (Å²) in [7, 11) is 0. The number of rotatable bonds is 4. The molecule has 5 N–H and O–H groups in total. The van der Waals surface area contributed by atoms with Crippen molar-refractivity contribution in [2.24, 2.45) is 5.73 Å². The van der Waals surface area contributed by atoms with E-state index in [4.69, 9.17) is 11.5 Å². The molecular weight excluding hydrogens is 286 g/mol. The molecule has 0 aliphatic heterocycles. The summed E-state index contributed by atoms with van der Waals surface area (Å²) in [5.41, 5.74) is 11.6. The molecule has 0 fully saturated rings. The smallest absolute Gasteiger partial charge is 0.251 e. The molecule has 0 bridgehead atoms. The molecule has 1 aromatic carbocycles. The summed E-state index contributed by atoms with van der Waals surface area (Å²) in [6.07, 6.45) is 0.106. The van der Waals surface area contributed by atoms with E-state index >= 15 is 0 Å². The standard InChI is InChI=1S/C11H14BrN3O2/c1-6(2-10(14)16)15-11(17)7-3-8(12)5-9(13)4-7/h3-6H,2,13H2,1H3,(H2,14,16)(H,15,17). The summed E-state index contributed by atoms with van der Waals surface area (Å²) >= 11 is 3.25. The van der Waals surface area contributed by atoms with Crippen molar-refractivity contribution in [3.63, 3.8) is 0 Å². The van der Waals surface area contributed by atoms with Gasteiger partial charge in [-0.25, -0.2) is 0 Å². The lowest BCUT2D eigenvalue weighted by Gasteiger charge is -2.12. The van der Waals surface area contributed by atoms with E-state index in [1.54, 1.807) is 25.1 Å². The molecule has 1 atom stereocenters. The summed E-state index contributed by atoms with van der Waals surface area (Å²) in [5.74, 6) is -0.738. The Labute approximate surface area is 108 Å². The van der Waals surface area contributed by atoms with Gasteiger partial charge in [-0.15, -0.1) is 0 Å². The fraction of sp³-hybridized carbons (Fsp3) is 0.273. The van der Waals surface area contributed by atoms with Gasteiger partial charge in [-0.05, 0) is 25.1 Å². The highest BCUT2D eigenvalue weighted by Gasteiger charge is 2.12. The van der Waals surface area contributed by atoms with Crippen LogP contribution in [0.15, 0.2) is 22.7 Å². The lowest BCUT2D eigenvalue weighted by atomic mass is 10.1. The van der Waals surface area contributed by atoms with Crippen LogP contribution in [0.4, 0.5) is 5.69 Å². The van der Waals surface area contributed by atoms with E-state index in [1.165, 1.54) is 0 Å². The third-order valence-corrected chi connectivity index (χ3v) is 2.53. The SMILES string of the molecule is CC(CC(N)=O)NC(=O)c1cc(N)cc(Br)c1. The van der Waals surface area contributed by atoms with E-state index in [1.807, 2.05) is 0 Å². The third-order valence-electron chi connectivity index (χ3n) is 2.07. The second-order valence-electron chi connectivity index (χ2n) is 3.82. The Balaban J connectivity index is 2.72. The van der Waals surface area contributed by atoms with Crippen LogP contribution in [0.25, 0.3) is 0 Å². The van der Waals surface area contributed by atoms with Gasteiger partial charge in [0.25, 0.3) is 5.91 Å². The minimum atomic E-state index is -0.452. The van der Waals surface area contributed by atoms with Gasteiger partial charge in [-0.3, -0.25) is 9.59 Å². The molecule has 0 heterocycles. The van der Waals surface area contributed by atoms with E-state index in [0.29, 0.717) is 11.3 Å². The Kier molecular flexibility index (Phi) is 4.51. The zero-order valence-corrected chi connectivity index (χ0v) is 11.0. The molecule has 5 nitrogen and oxygen atoms in total.